The lowest BCUT2D eigenvalue weighted by Gasteiger charge is -2.11. The van der Waals surface area contributed by atoms with Gasteiger partial charge in [0.15, 0.2) is 0 Å². The molecule has 124 valence electrons. The third kappa shape index (κ3) is 6.06. The summed E-state index contributed by atoms with van der Waals surface area (Å²) >= 11 is 5.69. The monoisotopic (exact) mass is 336 g/mol. The van der Waals surface area contributed by atoms with Crippen LogP contribution in [0.2, 0.25) is 0 Å². The molecule has 0 bridgehead atoms. The maximum Gasteiger partial charge on any atom is 0.334 e. The van der Waals surface area contributed by atoms with Crippen molar-refractivity contribution in [2.24, 2.45) is 0 Å². The molecule has 5 heteroatoms. The first-order valence-electron chi connectivity index (χ1n) is 7.86. The van der Waals surface area contributed by atoms with E-state index in [-0.39, 0.29) is 24.6 Å². The molecule has 0 radical (unpaired) electrons. The maximum absolute atomic E-state index is 12.3. The Hall–Kier alpha value is -1.81. The van der Waals surface area contributed by atoms with E-state index in [4.69, 9.17) is 21.1 Å². The highest BCUT2D eigenvalue weighted by atomic mass is 35.5. The molecule has 1 heterocycles. The third-order valence-electron chi connectivity index (χ3n) is 3.61. The average Bonchev–Trinajstić information content (AvgIpc) is 2.98. The molecule has 2 rings (SSSR count). The van der Waals surface area contributed by atoms with Crippen LogP contribution in [0.1, 0.15) is 37.7 Å². The van der Waals surface area contributed by atoms with Crippen molar-refractivity contribution in [3.63, 3.8) is 0 Å². The number of ether oxygens (including phenoxy) is 2. The minimum Gasteiger partial charge on any atom is -0.458 e. The van der Waals surface area contributed by atoms with Crippen LogP contribution in [0.4, 0.5) is 0 Å². The minimum atomic E-state index is -0.355. The summed E-state index contributed by atoms with van der Waals surface area (Å²) in [6.07, 6.45) is 4.63. The number of hydrogen-bond acceptors (Lipinski definition) is 4. The molecular weight excluding hydrogens is 316 g/mol. The molecule has 1 saturated heterocycles. The van der Waals surface area contributed by atoms with Crippen molar-refractivity contribution in [3.8, 4) is 0 Å². The standard InChI is InChI=1S/C18H21ClO4/c19-11-5-4-8-15(12-16-9-10-17(20)23-16)18(21)22-13-14-6-2-1-3-7-14/h1-3,6-7,12,16H,4-5,8-11,13H2/b15-12+/t16-/m1/s1. The Morgan fingerprint density at radius 2 is 2.09 bits per heavy atom. The lowest BCUT2D eigenvalue weighted by molar-refractivity contribution is -0.142. The van der Waals surface area contributed by atoms with Crippen molar-refractivity contribution in [2.45, 2.75) is 44.8 Å². The van der Waals surface area contributed by atoms with Gasteiger partial charge in [0.05, 0.1) is 0 Å². The number of esters is 2. The largest absolute Gasteiger partial charge is 0.458 e. The number of unbranched alkanes of at least 4 members (excludes halogenated alkanes) is 1. The smallest absolute Gasteiger partial charge is 0.334 e. The van der Waals surface area contributed by atoms with E-state index in [0.717, 1.165) is 18.4 Å². The highest BCUT2D eigenvalue weighted by Crippen LogP contribution is 2.20. The number of carbonyl (C=O) groups is 2. The van der Waals surface area contributed by atoms with E-state index in [1.807, 2.05) is 30.3 Å². The van der Waals surface area contributed by atoms with E-state index in [1.165, 1.54) is 0 Å². The van der Waals surface area contributed by atoms with Gasteiger partial charge in [0.2, 0.25) is 0 Å². The van der Waals surface area contributed by atoms with E-state index >= 15 is 0 Å². The Morgan fingerprint density at radius 3 is 2.74 bits per heavy atom. The van der Waals surface area contributed by atoms with Crippen molar-refractivity contribution >= 4 is 23.5 Å². The Kier molecular flexibility index (Phi) is 7.14. The van der Waals surface area contributed by atoms with Gasteiger partial charge in [-0.2, -0.15) is 0 Å². The SMILES string of the molecule is O=C1CC[C@H](/C=C(\CCCCCl)C(=O)OCc2ccccc2)O1. The fraction of sp³-hybridized carbons (Fsp3) is 0.444. The summed E-state index contributed by atoms with van der Waals surface area (Å²) in [7, 11) is 0. The molecule has 1 aliphatic rings. The van der Waals surface area contributed by atoms with Gasteiger partial charge in [-0.05, 0) is 37.3 Å². The van der Waals surface area contributed by atoms with Gasteiger partial charge in [0, 0.05) is 17.9 Å². The first-order valence-corrected chi connectivity index (χ1v) is 8.39. The van der Waals surface area contributed by atoms with E-state index < -0.39 is 0 Å². The molecule has 0 spiro atoms. The lowest BCUT2D eigenvalue weighted by Crippen LogP contribution is -2.12. The Balaban J connectivity index is 1.95. The number of rotatable bonds is 8. The van der Waals surface area contributed by atoms with Gasteiger partial charge in [0.1, 0.15) is 12.7 Å². The molecule has 0 aliphatic carbocycles. The summed E-state index contributed by atoms with van der Waals surface area (Å²) in [6.45, 7) is 0.233. The first-order chi connectivity index (χ1) is 11.2. The normalized spacial score (nSPS) is 17.9. The first kappa shape index (κ1) is 17.5. The van der Waals surface area contributed by atoms with Crippen LogP contribution in [0.15, 0.2) is 42.0 Å². The van der Waals surface area contributed by atoms with Crippen LogP contribution in [0.3, 0.4) is 0 Å². The zero-order valence-electron chi connectivity index (χ0n) is 13.0. The molecule has 1 aromatic rings. The van der Waals surface area contributed by atoms with Gasteiger partial charge in [-0.1, -0.05) is 30.3 Å². The van der Waals surface area contributed by atoms with Crippen LogP contribution in [0.5, 0.6) is 0 Å². The van der Waals surface area contributed by atoms with E-state index in [1.54, 1.807) is 6.08 Å². The zero-order chi connectivity index (χ0) is 16.5. The summed E-state index contributed by atoms with van der Waals surface area (Å²) in [6, 6.07) is 9.53. The lowest BCUT2D eigenvalue weighted by atomic mass is 10.1. The summed E-state index contributed by atoms with van der Waals surface area (Å²) in [5.41, 5.74) is 1.50. The second kappa shape index (κ2) is 9.36. The summed E-state index contributed by atoms with van der Waals surface area (Å²) in [5, 5.41) is 0. The summed E-state index contributed by atoms with van der Waals surface area (Å²) in [4.78, 5) is 23.5. The summed E-state index contributed by atoms with van der Waals surface area (Å²) < 4.78 is 10.5. The molecule has 1 aliphatic heterocycles. The second-order valence-corrected chi connectivity index (χ2v) is 5.84. The molecule has 0 saturated carbocycles. The molecule has 23 heavy (non-hydrogen) atoms. The number of hydrogen-bond donors (Lipinski definition) is 0. The molecule has 0 amide bonds. The van der Waals surface area contributed by atoms with Gasteiger partial charge >= 0.3 is 11.9 Å². The predicted molar refractivity (Wildman–Crippen MR) is 88.0 cm³/mol. The quantitative estimate of drug-likeness (QED) is 0.314. The van der Waals surface area contributed by atoms with Crippen molar-refractivity contribution in [2.75, 3.05) is 5.88 Å². The Bertz CT molecular complexity index is 553. The molecule has 4 nitrogen and oxygen atoms in total. The topological polar surface area (TPSA) is 52.6 Å². The summed E-state index contributed by atoms with van der Waals surface area (Å²) in [5.74, 6) is -0.0134. The third-order valence-corrected chi connectivity index (χ3v) is 3.87. The molecule has 1 aromatic carbocycles. The molecule has 1 fully saturated rings. The van der Waals surface area contributed by atoms with Crippen LogP contribution >= 0.6 is 11.6 Å². The van der Waals surface area contributed by atoms with Crippen LogP contribution in [-0.4, -0.2) is 23.9 Å². The Morgan fingerprint density at radius 1 is 1.30 bits per heavy atom. The van der Waals surface area contributed by atoms with Crippen molar-refractivity contribution < 1.29 is 19.1 Å². The minimum absolute atomic E-state index is 0.219. The van der Waals surface area contributed by atoms with Gasteiger partial charge < -0.3 is 9.47 Å². The molecule has 0 unspecified atom stereocenters. The fourth-order valence-electron chi connectivity index (χ4n) is 2.37. The number of alkyl halides is 1. The van der Waals surface area contributed by atoms with Crippen LogP contribution in [0, 0.1) is 0 Å². The van der Waals surface area contributed by atoms with E-state index in [0.29, 0.717) is 30.7 Å². The molecule has 0 N–H and O–H groups in total. The van der Waals surface area contributed by atoms with Crippen molar-refractivity contribution in [1.82, 2.24) is 0 Å². The van der Waals surface area contributed by atoms with Crippen LogP contribution in [-0.2, 0) is 25.7 Å². The Labute approximate surface area is 141 Å². The highest BCUT2D eigenvalue weighted by molar-refractivity contribution is 6.17. The number of halogens is 1. The van der Waals surface area contributed by atoms with Crippen LogP contribution in [0.25, 0.3) is 0 Å². The average molecular weight is 337 g/mol. The molecular formula is C18H21ClO4. The predicted octanol–water partition coefficient (Wildman–Crippen LogP) is 3.77. The number of carbonyl (C=O) groups excluding carboxylic acids is 2. The van der Waals surface area contributed by atoms with Crippen molar-refractivity contribution in [3.05, 3.63) is 47.5 Å². The molecule has 1 atom stereocenters. The fourth-order valence-corrected chi connectivity index (χ4v) is 2.56. The maximum atomic E-state index is 12.3. The molecule has 0 aromatic heterocycles. The van der Waals surface area contributed by atoms with E-state index in [2.05, 4.69) is 0 Å². The number of cyclic esters (lactones) is 1. The van der Waals surface area contributed by atoms with Crippen molar-refractivity contribution in [1.29, 1.82) is 0 Å². The number of benzene rings is 1. The zero-order valence-corrected chi connectivity index (χ0v) is 13.8. The van der Waals surface area contributed by atoms with Crippen LogP contribution < -0.4 is 0 Å². The van der Waals surface area contributed by atoms with Gasteiger partial charge in [0.25, 0.3) is 0 Å². The second-order valence-electron chi connectivity index (χ2n) is 5.47. The van der Waals surface area contributed by atoms with E-state index in [9.17, 15) is 9.59 Å². The van der Waals surface area contributed by atoms with Gasteiger partial charge in [-0.25, -0.2) is 4.79 Å². The highest BCUT2D eigenvalue weighted by Gasteiger charge is 2.23. The van der Waals surface area contributed by atoms with Gasteiger partial charge in [-0.3, -0.25) is 4.79 Å². The van der Waals surface area contributed by atoms with Gasteiger partial charge in [-0.15, -0.1) is 11.6 Å².